The monoisotopic (exact) mass is 519 g/mol. The topological polar surface area (TPSA) is 95.6 Å². The Labute approximate surface area is 213 Å². The molecule has 3 atom stereocenters. The fourth-order valence-electron chi connectivity index (χ4n) is 4.51. The van der Waals surface area contributed by atoms with E-state index in [1.807, 2.05) is 30.3 Å². The zero-order chi connectivity index (χ0) is 27.5. The number of carbonyl (C=O) groups is 4. The molecule has 1 saturated heterocycles. The molecule has 0 bridgehead atoms. The summed E-state index contributed by atoms with van der Waals surface area (Å²) in [6, 6.07) is 9.00. The number of benzene rings is 2. The lowest BCUT2D eigenvalue weighted by Gasteiger charge is -2.32. The molecule has 1 heterocycles. The van der Waals surface area contributed by atoms with Crippen molar-refractivity contribution < 1.29 is 32.3 Å². The molecule has 2 aromatic rings. The van der Waals surface area contributed by atoms with E-state index in [9.17, 15) is 32.3 Å². The molecule has 10 heteroatoms. The predicted molar refractivity (Wildman–Crippen MR) is 133 cm³/mol. The summed E-state index contributed by atoms with van der Waals surface area (Å²) < 4.78 is 39.1. The van der Waals surface area contributed by atoms with Gasteiger partial charge in [-0.2, -0.15) is 13.2 Å². The summed E-state index contributed by atoms with van der Waals surface area (Å²) in [7, 11) is 0. The lowest BCUT2D eigenvalue weighted by molar-refractivity contribution is -0.175. The molecule has 1 fully saturated rings. The van der Waals surface area contributed by atoms with Crippen molar-refractivity contribution in [1.82, 2.24) is 15.5 Å². The number of ketones is 1. The van der Waals surface area contributed by atoms with Gasteiger partial charge < -0.3 is 15.5 Å². The minimum Gasteiger partial charge on any atom is -0.344 e. The van der Waals surface area contributed by atoms with Crippen molar-refractivity contribution in [3.05, 3.63) is 48.0 Å². The van der Waals surface area contributed by atoms with Gasteiger partial charge in [0.15, 0.2) is 0 Å². The molecule has 3 rings (SSSR count). The molecule has 0 radical (unpaired) electrons. The van der Waals surface area contributed by atoms with Gasteiger partial charge in [0.25, 0.3) is 11.7 Å². The Morgan fingerprint density at radius 2 is 1.51 bits per heavy atom. The molecule has 0 spiro atoms. The number of rotatable bonds is 8. The molecule has 0 aromatic heterocycles. The van der Waals surface area contributed by atoms with Crippen LogP contribution in [-0.2, 0) is 14.4 Å². The van der Waals surface area contributed by atoms with Gasteiger partial charge in [-0.25, -0.2) is 0 Å². The van der Waals surface area contributed by atoms with Crippen LogP contribution in [0.2, 0.25) is 0 Å². The molecule has 2 N–H and O–H groups in total. The number of Topliss-reactive ketones (excluding diaryl/α,β-unsaturated/α-hetero) is 1. The van der Waals surface area contributed by atoms with Crippen LogP contribution < -0.4 is 10.6 Å². The highest BCUT2D eigenvalue weighted by Crippen LogP contribution is 2.24. The van der Waals surface area contributed by atoms with Crippen LogP contribution in [0.3, 0.4) is 0 Å². The third-order valence-corrected chi connectivity index (χ3v) is 6.60. The van der Waals surface area contributed by atoms with E-state index < -0.39 is 53.7 Å². The van der Waals surface area contributed by atoms with Crippen LogP contribution in [0.25, 0.3) is 10.8 Å². The Balaban J connectivity index is 1.76. The first kappa shape index (κ1) is 28.1. The first-order chi connectivity index (χ1) is 17.3. The van der Waals surface area contributed by atoms with Crippen LogP contribution >= 0.6 is 0 Å². The fourth-order valence-corrected chi connectivity index (χ4v) is 4.51. The quantitative estimate of drug-likeness (QED) is 0.554. The Morgan fingerprint density at radius 3 is 2.11 bits per heavy atom. The summed E-state index contributed by atoms with van der Waals surface area (Å²) >= 11 is 0. The molecule has 2 aromatic carbocycles. The fraction of sp³-hybridized carbons (Fsp3) is 0.481. The number of nitrogens with one attached hydrogen (secondary N) is 2. The Bertz CT molecular complexity index is 1180. The van der Waals surface area contributed by atoms with Crippen LogP contribution in [0, 0.1) is 11.8 Å². The zero-order valence-corrected chi connectivity index (χ0v) is 21.3. The highest BCUT2D eigenvalue weighted by Gasteiger charge is 2.46. The highest BCUT2D eigenvalue weighted by atomic mass is 19.4. The van der Waals surface area contributed by atoms with E-state index in [4.69, 9.17) is 0 Å². The minimum absolute atomic E-state index is 0.214. The van der Waals surface area contributed by atoms with Crippen LogP contribution in [0.1, 0.15) is 50.9 Å². The van der Waals surface area contributed by atoms with Gasteiger partial charge in [-0.15, -0.1) is 0 Å². The van der Waals surface area contributed by atoms with Gasteiger partial charge in [0.05, 0.1) is 6.04 Å². The largest absolute Gasteiger partial charge is 0.452 e. The molecule has 1 aliphatic rings. The Hall–Kier alpha value is -3.43. The summed E-state index contributed by atoms with van der Waals surface area (Å²) in [6.45, 7) is 6.54. The van der Waals surface area contributed by atoms with Crippen molar-refractivity contribution in [2.45, 2.75) is 64.8 Å². The molecule has 200 valence electrons. The maximum absolute atomic E-state index is 13.5. The number of nitrogens with zero attached hydrogens (tertiary/aromatic N) is 1. The van der Waals surface area contributed by atoms with E-state index >= 15 is 0 Å². The lowest BCUT2D eigenvalue weighted by atomic mass is 9.98. The SMILES string of the molecule is CC(C)C(NC(=O)[C@@H]1CCCN1C(=O)[C@@H](NC(=O)c1ccc2ccccc2c1)C(C)C)C(=O)C(F)(F)F. The first-order valence-electron chi connectivity index (χ1n) is 12.3. The number of alkyl halides is 3. The predicted octanol–water partition coefficient (Wildman–Crippen LogP) is 3.86. The normalized spacial score (nSPS) is 17.6. The summed E-state index contributed by atoms with van der Waals surface area (Å²) in [5, 5.41) is 6.81. The second-order valence-corrected chi connectivity index (χ2v) is 10.0. The number of hydrogen-bond acceptors (Lipinski definition) is 4. The van der Waals surface area contributed by atoms with Gasteiger partial charge in [0, 0.05) is 12.1 Å². The van der Waals surface area contributed by atoms with Crippen molar-refractivity contribution in [2.75, 3.05) is 6.54 Å². The highest BCUT2D eigenvalue weighted by molar-refractivity contribution is 6.01. The van der Waals surface area contributed by atoms with E-state index in [0.717, 1.165) is 10.8 Å². The van der Waals surface area contributed by atoms with E-state index in [0.29, 0.717) is 12.0 Å². The maximum atomic E-state index is 13.5. The Morgan fingerprint density at radius 1 is 0.892 bits per heavy atom. The molecule has 0 saturated carbocycles. The summed E-state index contributed by atoms with van der Waals surface area (Å²) in [4.78, 5) is 52.6. The molecule has 1 unspecified atom stereocenters. The third-order valence-electron chi connectivity index (χ3n) is 6.60. The van der Waals surface area contributed by atoms with Crippen molar-refractivity contribution in [2.24, 2.45) is 11.8 Å². The number of halogens is 3. The van der Waals surface area contributed by atoms with Gasteiger partial charge in [-0.1, -0.05) is 58.0 Å². The smallest absolute Gasteiger partial charge is 0.344 e. The molecule has 37 heavy (non-hydrogen) atoms. The number of likely N-dealkylation sites (tertiary alicyclic amines) is 1. The average Bonchev–Trinajstić information content (AvgIpc) is 3.33. The van der Waals surface area contributed by atoms with Gasteiger partial charge >= 0.3 is 6.18 Å². The Kier molecular flexibility index (Phi) is 8.60. The second kappa shape index (κ2) is 11.3. The van der Waals surface area contributed by atoms with Crippen LogP contribution in [0.4, 0.5) is 13.2 Å². The van der Waals surface area contributed by atoms with Crippen LogP contribution in [0.5, 0.6) is 0 Å². The van der Waals surface area contributed by atoms with Crippen LogP contribution in [-0.4, -0.2) is 59.3 Å². The van der Waals surface area contributed by atoms with Crippen LogP contribution in [0.15, 0.2) is 42.5 Å². The van der Waals surface area contributed by atoms with Gasteiger partial charge in [-0.3, -0.25) is 19.2 Å². The summed E-state index contributed by atoms with van der Waals surface area (Å²) in [6.07, 6.45) is -4.39. The van der Waals surface area contributed by atoms with Crippen molar-refractivity contribution in [1.29, 1.82) is 0 Å². The van der Waals surface area contributed by atoms with Crippen molar-refractivity contribution >= 4 is 34.3 Å². The molecule has 1 aliphatic heterocycles. The molecular formula is C27H32F3N3O4. The second-order valence-electron chi connectivity index (χ2n) is 10.0. The standard InChI is InChI=1S/C27H32F3N3O4/c1-15(2)21(23(34)27(28,29)30)31-25(36)20-10-7-13-33(20)26(37)22(16(3)4)32-24(35)19-12-11-17-8-5-6-9-18(17)14-19/h5-6,8-9,11-12,14-16,20-22H,7,10,13H2,1-4H3,(H,31,36)(H,32,35)/t20-,21?,22-/m0/s1. The van der Waals surface area contributed by atoms with E-state index in [1.165, 1.54) is 18.7 Å². The number of hydrogen-bond donors (Lipinski definition) is 2. The van der Waals surface area contributed by atoms with Gasteiger partial charge in [0.1, 0.15) is 12.1 Å². The number of amides is 3. The van der Waals surface area contributed by atoms with E-state index in [1.54, 1.807) is 26.0 Å². The van der Waals surface area contributed by atoms with Crippen molar-refractivity contribution in [3.8, 4) is 0 Å². The zero-order valence-electron chi connectivity index (χ0n) is 21.3. The molecule has 0 aliphatic carbocycles. The molecular weight excluding hydrogens is 487 g/mol. The third kappa shape index (κ3) is 6.47. The first-order valence-corrected chi connectivity index (χ1v) is 12.3. The summed E-state index contributed by atoms with van der Waals surface area (Å²) in [5.74, 6) is -4.91. The van der Waals surface area contributed by atoms with Crippen molar-refractivity contribution in [3.63, 3.8) is 0 Å². The summed E-state index contributed by atoms with van der Waals surface area (Å²) in [5.41, 5.74) is 0.373. The molecule has 3 amide bonds. The number of fused-ring (bicyclic) bond motifs is 1. The van der Waals surface area contributed by atoms with Gasteiger partial charge in [-0.05, 0) is 47.6 Å². The van der Waals surface area contributed by atoms with E-state index in [-0.39, 0.29) is 18.9 Å². The van der Waals surface area contributed by atoms with Gasteiger partial charge in [0.2, 0.25) is 11.8 Å². The molecule has 7 nitrogen and oxygen atoms in total. The minimum atomic E-state index is -5.09. The number of carbonyl (C=O) groups excluding carboxylic acids is 4. The lowest BCUT2D eigenvalue weighted by Crippen LogP contribution is -2.58. The average molecular weight is 520 g/mol. The van der Waals surface area contributed by atoms with E-state index in [2.05, 4.69) is 10.6 Å². The maximum Gasteiger partial charge on any atom is 0.452 e.